The summed E-state index contributed by atoms with van der Waals surface area (Å²) in [6, 6.07) is 1.78. The Morgan fingerprint density at radius 1 is 1.52 bits per heavy atom. The SMILES string of the molecule is COCCC(C)(C)CNC(=O)c1csc(C#CCCO)c1. The topological polar surface area (TPSA) is 58.6 Å². The lowest BCUT2D eigenvalue weighted by atomic mass is 9.89. The Kier molecular flexibility index (Phi) is 7.44. The first-order valence-electron chi connectivity index (χ1n) is 6.94. The van der Waals surface area contributed by atoms with Crippen molar-refractivity contribution in [3.63, 3.8) is 0 Å². The normalized spacial score (nSPS) is 10.9. The van der Waals surface area contributed by atoms with Gasteiger partial charge in [0.2, 0.25) is 0 Å². The van der Waals surface area contributed by atoms with Gasteiger partial charge in [-0.3, -0.25) is 4.79 Å². The number of hydrogen-bond acceptors (Lipinski definition) is 4. The van der Waals surface area contributed by atoms with Crippen LogP contribution in [0.5, 0.6) is 0 Å². The summed E-state index contributed by atoms with van der Waals surface area (Å²) < 4.78 is 5.08. The number of rotatable bonds is 7. The minimum atomic E-state index is -0.0769. The van der Waals surface area contributed by atoms with Gasteiger partial charge in [-0.05, 0) is 17.9 Å². The molecule has 1 rings (SSSR count). The number of aliphatic hydroxyl groups excluding tert-OH is 1. The molecule has 1 heterocycles. The monoisotopic (exact) mass is 309 g/mol. The molecule has 1 aromatic rings. The zero-order chi connectivity index (χ0) is 15.7. The molecule has 0 fully saturated rings. The van der Waals surface area contributed by atoms with Gasteiger partial charge in [0.15, 0.2) is 0 Å². The van der Waals surface area contributed by atoms with Crippen molar-refractivity contribution in [3.8, 4) is 11.8 Å². The standard InChI is InChI=1S/C16H23NO3S/c1-16(2,7-9-20-3)12-17-15(19)13-10-14(21-11-13)6-4-5-8-18/h10-11,18H,5,7-9,12H2,1-3H3,(H,17,19). The number of aliphatic hydroxyl groups is 1. The van der Waals surface area contributed by atoms with Gasteiger partial charge >= 0.3 is 0 Å². The molecule has 0 atom stereocenters. The summed E-state index contributed by atoms with van der Waals surface area (Å²) in [5.41, 5.74) is 0.640. The molecular weight excluding hydrogens is 286 g/mol. The molecule has 0 aliphatic rings. The molecule has 0 saturated carbocycles. The van der Waals surface area contributed by atoms with E-state index in [0.29, 0.717) is 25.1 Å². The highest BCUT2D eigenvalue weighted by atomic mass is 32.1. The third-order valence-electron chi connectivity index (χ3n) is 3.02. The van der Waals surface area contributed by atoms with E-state index in [9.17, 15) is 4.79 Å². The number of carbonyl (C=O) groups is 1. The van der Waals surface area contributed by atoms with Gasteiger partial charge < -0.3 is 15.2 Å². The Bertz CT molecular complexity index is 511. The smallest absolute Gasteiger partial charge is 0.252 e. The lowest BCUT2D eigenvalue weighted by Crippen LogP contribution is -2.34. The van der Waals surface area contributed by atoms with Gasteiger partial charge in [0.25, 0.3) is 5.91 Å². The third-order valence-corrected chi connectivity index (χ3v) is 3.87. The van der Waals surface area contributed by atoms with E-state index in [1.54, 1.807) is 18.6 Å². The van der Waals surface area contributed by atoms with E-state index in [-0.39, 0.29) is 17.9 Å². The van der Waals surface area contributed by atoms with Crippen LogP contribution in [0.3, 0.4) is 0 Å². The van der Waals surface area contributed by atoms with Crippen LogP contribution in [0.1, 0.15) is 41.9 Å². The highest BCUT2D eigenvalue weighted by Gasteiger charge is 2.19. The van der Waals surface area contributed by atoms with Gasteiger partial charge in [-0.15, -0.1) is 11.3 Å². The molecule has 0 radical (unpaired) electrons. The maximum Gasteiger partial charge on any atom is 0.252 e. The third kappa shape index (κ3) is 6.76. The molecule has 0 unspecified atom stereocenters. The number of thiophene rings is 1. The highest BCUT2D eigenvalue weighted by Crippen LogP contribution is 2.19. The minimum Gasteiger partial charge on any atom is -0.395 e. The molecule has 0 spiro atoms. The fourth-order valence-corrected chi connectivity index (χ4v) is 2.37. The van der Waals surface area contributed by atoms with Crippen LogP contribution < -0.4 is 5.32 Å². The molecule has 0 aliphatic heterocycles. The van der Waals surface area contributed by atoms with E-state index in [2.05, 4.69) is 31.0 Å². The van der Waals surface area contributed by atoms with Crippen molar-refractivity contribution in [1.29, 1.82) is 0 Å². The first-order valence-corrected chi connectivity index (χ1v) is 7.82. The maximum atomic E-state index is 12.1. The quantitative estimate of drug-likeness (QED) is 0.760. The first kappa shape index (κ1) is 17.7. The molecule has 4 nitrogen and oxygen atoms in total. The van der Waals surface area contributed by atoms with Gasteiger partial charge in [-0.2, -0.15) is 0 Å². The predicted octanol–water partition coefficient (Wildman–Crippen LogP) is 2.27. The summed E-state index contributed by atoms with van der Waals surface area (Å²) in [7, 11) is 1.68. The summed E-state index contributed by atoms with van der Waals surface area (Å²) >= 11 is 1.44. The molecule has 0 aromatic carbocycles. The van der Waals surface area contributed by atoms with Gasteiger partial charge in [-0.25, -0.2) is 0 Å². The molecule has 0 bridgehead atoms. The molecule has 116 valence electrons. The highest BCUT2D eigenvalue weighted by molar-refractivity contribution is 7.10. The van der Waals surface area contributed by atoms with Crippen LogP contribution in [0.25, 0.3) is 0 Å². The lowest BCUT2D eigenvalue weighted by molar-refractivity contribution is 0.0921. The van der Waals surface area contributed by atoms with Crippen molar-refractivity contribution in [2.24, 2.45) is 5.41 Å². The van der Waals surface area contributed by atoms with Crippen LogP contribution in [0, 0.1) is 17.3 Å². The van der Waals surface area contributed by atoms with Crippen molar-refractivity contribution in [2.75, 3.05) is 26.9 Å². The number of ether oxygens (including phenoxy) is 1. The number of hydrogen-bond donors (Lipinski definition) is 2. The van der Waals surface area contributed by atoms with E-state index in [0.717, 1.165) is 11.3 Å². The van der Waals surface area contributed by atoms with Crippen LogP contribution in [0.4, 0.5) is 0 Å². The summed E-state index contributed by atoms with van der Waals surface area (Å²) in [6.45, 7) is 5.56. The summed E-state index contributed by atoms with van der Waals surface area (Å²) in [5, 5.41) is 13.4. The summed E-state index contributed by atoms with van der Waals surface area (Å²) in [6.07, 6.45) is 1.35. The van der Waals surface area contributed by atoms with E-state index in [1.807, 2.05) is 0 Å². The average Bonchev–Trinajstić information content (AvgIpc) is 2.92. The largest absolute Gasteiger partial charge is 0.395 e. The van der Waals surface area contributed by atoms with Crippen molar-refractivity contribution in [2.45, 2.75) is 26.7 Å². The van der Waals surface area contributed by atoms with Crippen molar-refractivity contribution in [1.82, 2.24) is 5.32 Å². The second-order valence-corrected chi connectivity index (χ2v) is 6.48. The summed E-state index contributed by atoms with van der Waals surface area (Å²) in [5.74, 6) is 5.70. The molecular formula is C16H23NO3S. The maximum absolute atomic E-state index is 12.1. The van der Waals surface area contributed by atoms with Gasteiger partial charge in [-0.1, -0.05) is 25.7 Å². The van der Waals surface area contributed by atoms with E-state index in [4.69, 9.17) is 9.84 Å². The molecule has 21 heavy (non-hydrogen) atoms. The van der Waals surface area contributed by atoms with Crippen LogP contribution in [-0.4, -0.2) is 37.9 Å². The van der Waals surface area contributed by atoms with Gasteiger partial charge in [0.1, 0.15) is 0 Å². The van der Waals surface area contributed by atoms with E-state index >= 15 is 0 Å². The average molecular weight is 309 g/mol. The minimum absolute atomic E-state index is 0.00541. The van der Waals surface area contributed by atoms with Gasteiger partial charge in [0, 0.05) is 32.1 Å². The van der Waals surface area contributed by atoms with Crippen molar-refractivity contribution < 1.29 is 14.6 Å². The van der Waals surface area contributed by atoms with Crippen LogP contribution in [0.2, 0.25) is 0 Å². The van der Waals surface area contributed by atoms with Crippen LogP contribution in [0.15, 0.2) is 11.4 Å². The van der Waals surface area contributed by atoms with Crippen molar-refractivity contribution in [3.05, 3.63) is 21.9 Å². The fraction of sp³-hybridized carbons (Fsp3) is 0.562. The Labute approximate surface area is 130 Å². The summed E-state index contributed by atoms with van der Waals surface area (Å²) in [4.78, 5) is 12.9. The van der Waals surface area contributed by atoms with Crippen LogP contribution >= 0.6 is 11.3 Å². The first-order chi connectivity index (χ1) is 9.98. The zero-order valence-corrected chi connectivity index (χ0v) is 13.7. The Balaban J connectivity index is 2.51. The Morgan fingerprint density at radius 2 is 2.29 bits per heavy atom. The Hall–Kier alpha value is -1.35. The predicted molar refractivity (Wildman–Crippen MR) is 85.5 cm³/mol. The Morgan fingerprint density at radius 3 is 2.95 bits per heavy atom. The molecule has 0 aliphatic carbocycles. The number of nitrogens with one attached hydrogen (secondary N) is 1. The molecule has 1 amide bonds. The number of carbonyl (C=O) groups excluding carboxylic acids is 1. The second-order valence-electron chi connectivity index (χ2n) is 5.56. The number of amides is 1. The molecule has 5 heteroatoms. The van der Waals surface area contributed by atoms with Crippen molar-refractivity contribution >= 4 is 17.2 Å². The number of methoxy groups -OCH3 is 1. The fourth-order valence-electron chi connectivity index (χ4n) is 1.61. The van der Waals surface area contributed by atoms with E-state index < -0.39 is 0 Å². The zero-order valence-electron chi connectivity index (χ0n) is 12.9. The molecule has 0 saturated heterocycles. The van der Waals surface area contributed by atoms with Crippen LogP contribution in [-0.2, 0) is 4.74 Å². The van der Waals surface area contributed by atoms with Gasteiger partial charge in [0.05, 0.1) is 17.0 Å². The van der Waals surface area contributed by atoms with E-state index in [1.165, 1.54) is 11.3 Å². The molecule has 1 aromatic heterocycles. The lowest BCUT2D eigenvalue weighted by Gasteiger charge is -2.24. The second kappa shape index (κ2) is 8.83. The molecule has 2 N–H and O–H groups in total.